The summed E-state index contributed by atoms with van der Waals surface area (Å²) in [4.78, 5) is 19.8. The highest BCUT2D eigenvalue weighted by atomic mass is 32.3. The van der Waals surface area contributed by atoms with Crippen molar-refractivity contribution < 1.29 is 26.6 Å². The Morgan fingerprint density at radius 1 is 0.783 bits per heavy atom. The molecule has 23 heavy (non-hydrogen) atoms. The Morgan fingerprint density at radius 2 is 1.17 bits per heavy atom. The third-order valence-electron chi connectivity index (χ3n) is 2.45. The number of nitrogens with zero attached hydrogens (tertiary/aromatic N) is 2. The van der Waals surface area contributed by atoms with Crippen LogP contribution in [0.5, 0.6) is 11.5 Å². The zero-order valence-electron chi connectivity index (χ0n) is 11.2. The number of hydrogen-bond acceptors (Lipinski definition) is 8. The molecule has 120 valence electrons. The van der Waals surface area contributed by atoms with E-state index in [1.54, 1.807) is 0 Å². The maximum absolute atomic E-state index is 11.7. The number of nitro benzene ring substituents is 2. The van der Waals surface area contributed by atoms with Crippen LogP contribution in [0.25, 0.3) is 0 Å². The molecule has 2 rings (SSSR count). The summed E-state index contributed by atoms with van der Waals surface area (Å²) in [6.45, 7) is 0. The van der Waals surface area contributed by atoms with Gasteiger partial charge in [-0.25, -0.2) is 0 Å². The Morgan fingerprint density at radius 3 is 1.52 bits per heavy atom. The van der Waals surface area contributed by atoms with Gasteiger partial charge in [-0.2, -0.15) is 0 Å². The van der Waals surface area contributed by atoms with Gasteiger partial charge in [0.15, 0.2) is 11.5 Å². The summed E-state index contributed by atoms with van der Waals surface area (Å²) in [5, 5.41) is 21.2. The van der Waals surface area contributed by atoms with Crippen molar-refractivity contribution in [2.45, 2.75) is 0 Å². The van der Waals surface area contributed by atoms with E-state index in [1.165, 1.54) is 24.3 Å². The van der Waals surface area contributed by atoms with Crippen molar-refractivity contribution >= 4 is 21.8 Å². The zero-order chi connectivity index (χ0) is 17.0. The number of rotatable bonds is 6. The molecule has 0 spiro atoms. The van der Waals surface area contributed by atoms with E-state index in [4.69, 9.17) is 0 Å². The molecule has 0 aliphatic heterocycles. The lowest BCUT2D eigenvalue weighted by molar-refractivity contribution is -0.385. The molecule has 2 aromatic rings. The van der Waals surface area contributed by atoms with Crippen molar-refractivity contribution in [3.8, 4) is 11.5 Å². The van der Waals surface area contributed by atoms with Crippen LogP contribution in [-0.2, 0) is 10.4 Å². The smallest absolute Gasteiger partial charge is 0.353 e. The van der Waals surface area contributed by atoms with Gasteiger partial charge >= 0.3 is 10.4 Å². The van der Waals surface area contributed by atoms with E-state index in [1.807, 2.05) is 0 Å². The lowest BCUT2D eigenvalue weighted by Crippen LogP contribution is -2.16. The molecule has 11 heteroatoms. The highest BCUT2D eigenvalue weighted by Gasteiger charge is 2.19. The molecular weight excluding hydrogens is 332 g/mol. The maximum Gasteiger partial charge on any atom is 0.500 e. The minimum Gasteiger partial charge on any atom is -0.353 e. The maximum atomic E-state index is 11.7. The topological polar surface area (TPSA) is 139 Å². The predicted octanol–water partition coefficient (Wildman–Crippen LogP) is 2.21. The monoisotopic (exact) mass is 340 g/mol. The van der Waals surface area contributed by atoms with Crippen molar-refractivity contribution in [3.05, 3.63) is 68.8 Å². The van der Waals surface area contributed by atoms with Crippen molar-refractivity contribution in [2.24, 2.45) is 0 Å². The molecule has 0 heterocycles. The molecule has 0 fully saturated rings. The Kier molecular flexibility index (Phi) is 4.41. The fourth-order valence-corrected chi connectivity index (χ4v) is 2.26. The summed E-state index contributed by atoms with van der Waals surface area (Å²) in [5.41, 5.74) is -0.735. The van der Waals surface area contributed by atoms with Crippen LogP contribution in [0, 0.1) is 20.2 Å². The van der Waals surface area contributed by atoms with Crippen molar-refractivity contribution in [1.29, 1.82) is 0 Å². The Bertz CT molecular complexity index is 799. The summed E-state index contributed by atoms with van der Waals surface area (Å²) in [6.07, 6.45) is 0. The molecule has 0 bridgehead atoms. The van der Waals surface area contributed by atoms with Gasteiger partial charge in [0.25, 0.3) is 11.4 Å². The lowest BCUT2D eigenvalue weighted by atomic mass is 10.3. The fraction of sp³-hybridized carbons (Fsp3) is 0. The minimum absolute atomic E-state index is 0.329. The molecule has 0 saturated carbocycles. The van der Waals surface area contributed by atoms with Gasteiger partial charge in [0.1, 0.15) is 0 Å². The number of nitro groups is 2. The Balaban J connectivity index is 2.19. The van der Waals surface area contributed by atoms with Gasteiger partial charge < -0.3 is 8.37 Å². The summed E-state index contributed by atoms with van der Waals surface area (Å²) >= 11 is 0. The van der Waals surface area contributed by atoms with Crippen LogP contribution in [-0.4, -0.2) is 18.3 Å². The normalized spacial score (nSPS) is 10.8. The molecule has 0 aliphatic rings. The quantitative estimate of drug-likeness (QED) is 0.576. The van der Waals surface area contributed by atoms with Gasteiger partial charge in [-0.1, -0.05) is 12.1 Å². The summed E-state index contributed by atoms with van der Waals surface area (Å²) in [7, 11) is -4.62. The highest BCUT2D eigenvalue weighted by Crippen LogP contribution is 2.24. The standard InChI is InChI=1S/C12H8N2O8S/c15-13(16)9-3-1-5-11(7-9)21-23(19,20)22-12-6-2-4-10(8-12)14(17)18/h1-8H. The SMILES string of the molecule is O=[N+]([O-])c1cccc(OS(=O)(=O)Oc2cccc([N+](=O)[O-])c2)c1. The molecule has 0 unspecified atom stereocenters. The van der Waals surface area contributed by atoms with Gasteiger partial charge in [0.2, 0.25) is 0 Å². The molecule has 10 nitrogen and oxygen atoms in total. The third kappa shape index (κ3) is 4.38. The molecule has 0 saturated heterocycles. The fourth-order valence-electron chi connectivity index (χ4n) is 1.55. The summed E-state index contributed by atoms with van der Waals surface area (Å²) in [6, 6.07) is 8.93. The molecule has 0 N–H and O–H groups in total. The first-order chi connectivity index (χ1) is 10.8. The Labute approximate surface area is 129 Å². The van der Waals surface area contributed by atoms with Crippen LogP contribution in [0.15, 0.2) is 48.5 Å². The molecule has 0 amide bonds. The molecule has 0 atom stereocenters. The second-order valence-electron chi connectivity index (χ2n) is 4.08. The molecule has 2 aromatic carbocycles. The molecule has 0 aromatic heterocycles. The van der Waals surface area contributed by atoms with Crippen LogP contribution in [0.3, 0.4) is 0 Å². The van der Waals surface area contributed by atoms with E-state index < -0.39 is 20.2 Å². The van der Waals surface area contributed by atoms with Gasteiger partial charge in [-0.05, 0) is 12.1 Å². The highest BCUT2D eigenvalue weighted by molar-refractivity contribution is 7.82. The van der Waals surface area contributed by atoms with Gasteiger partial charge in [0, 0.05) is 12.1 Å². The van der Waals surface area contributed by atoms with Crippen LogP contribution in [0.1, 0.15) is 0 Å². The third-order valence-corrected chi connectivity index (χ3v) is 3.25. The van der Waals surface area contributed by atoms with E-state index in [2.05, 4.69) is 8.37 Å². The second kappa shape index (κ2) is 6.27. The van der Waals surface area contributed by atoms with Crippen LogP contribution >= 0.6 is 0 Å². The second-order valence-corrected chi connectivity index (χ2v) is 5.23. The van der Waals surface area contributed by atoms with E-state index in [9.17, 15) is 28.6 Å². The minimum atomic E-state index is -4.62. The largest absolute Gasteiger partial charge is 0.500 e. The first-order valence-corrected chi connectivity index (χ1v) is 7.23. The molecular formula is C12H8N2O8S. The van der Waals surface area contributed by atoms with Crippen LogP contribution in [0.4, 0.5) is 11.4 Å². The molecule has 0 aliphatic carbocycles. The van der Waals surface area contributed by atoms with Gasteiger partial charge in [-0.3, -0.25) is 20.2 Å². The van der Waals surface area contributed by atoms with E-state index in [0.717, 1.165) is 24.3 Å². The zero-order valence-corrected chi connectivity index (χ0v) is 12.0. The number of hydrogen-bond donors (Lipinski definition) is 0. The van der Waals surface area contributed by atoms with Crippen molar-refractivity contribution in [3.63, 3.8) is 0 Å². The predicted molar refractivity (Wildman–Crippen MR) is 76.4 cm³/mol. The number of benzene rings is 2. The van der Waals surface area contributed by atoms with Gasteiger partial charge in [0.05, 0.1) is 22.0 Å². The average Bonchev–Trinajstić information content (AvgIpc) is 2.46. The Hall–Kier alpha value is -3.21. The lowest BCUT2D eigenvalue weighted by Gasteiger charge is -2.07. The van der Waals surface area contributed by atoms with E-state index in [-0.39, 0.29) is 22.9 Å². The van der Waals surface area contributed by atoms with Crippen molar-refractivity contribution in [1.82, 2.24) is 0 Å². The van der Waals surface area contributed by atoms with Crippen LogP contribution < -0.4 is 8.37 Å². The number of non-ortho nitro benzene ring substituents is 2. The average molecular weight is 340 g/mol. The first-order valence-electron chi connectivity index (χ1n) is 5.90. The summed E-state index contributed by atoms with van der Waals surface area (Å²) in [5.74, 6) is -0.658. The van der Waals surface area contributed by atoms with E-state index in [0.29, 0.717) is 0 Å². The molecule has 0 radical (unpaired) electrons. The van der Waals surface area contributed by atoms with Crippen molar-refractivity contribution in [2.75, 3.05) is 0 Å². The first kappa shape index (κ1) is 16.2. The summed E-state index contributed by atoms with van der Waals surface area (Å²) < 4.78 is 32.6. The van der Waals surface area contributed by atoms with Crippen LogP contribution in [0.2, 0.25) is 0 Å². The van der Waals surface area contributed by atoms with E-state index >= 15 is 0 Å². The van der Waals surface area contributed by atoms with Gasteiger partial charge in [-0.15, -0.1) is 8.42 Å².